The van der Waals surface area contributed by atoms with Gasteiger partial charge in [-0.05, 0) is 49.4 Å². The van der Waals surface area contributed by atoms with Crippen LogP contribution in [0, 0.1) is 11.3 Å². The monoisotopic (exact) mass is 514 g/mol. The summed E-state index contributed by atoms with van der Waals surface area (Å²) in [6.45, 7) is 2.07. The van der Waals surface area contributed by atoms with Crippen LogP contribution in [0.15, 0.2) is 66.4 Å². The van der Waals surface area contributed by atoms with Gasteiger partial charge >= 0.3 is 12.1 Å². The van der Waals surface area contributed by atoms with Gasteiger partial charge in [0, 0.05) is 24.6 Å². The maximum absolute atomic E-state index is 13.6. The molecule has 2 aromatic rings. The van der Waals surface area contributed by atoms with E-state index in [0.29, 0.717) is 24.1 Å². The van der Waals surface area contributed by atoms with E-state index in [0.717, 1.165) is 17.7 Å². The van der Waals surface area contributed by atoms with Crippen molar-refractivity contribution in [2.24, 2.45) is 11.3 Å². The predicted molar refractivity (Wildman–Crippen MR) is 129 cm³/mol. The molecule has 0 saturated carbocycles. The molecule has 9 heteroatoms. The number of carbonyl (C=O) groups excluding carboxylic acids is 3. The van der Waals surface area contributed by atoms with E-state index < -0.39 is 34.9 Å². The molecule has 1 aliphatic heterocycles. The molecule has 2 aromatic carbocycles. The van der Waals surface area contributed by atoms with Crippen molar-refractivity contribution in [3.63, 3.8) is 0 Å². The van der Waals surface area contributed by atoms with E-state index >= 15 is 0 Å². The Balaban J connectivity index is 1.52. The summed E-state index contributed by atoms with van der Waals surface area (Å²) in [6, 6.07) is 14.1. The number of allylic oxidation sites excluding steroid dienone is 1. The molecule has 1 saturated heterocycles. The van der Waals surface area contributed by atoms with Gasteiger partial charge in [-0.15, -0.1) is 0 Å². The van der Waals surface area contributed by atoms with Gasteiger partial charge in [0.1, 0.15) is 5.41 Å². The number of carbonyl (C=O) groups is 3. The molecule has 0 unspecified atom stereocenters. The van der Waals surface area contributed by atoms with Gasteiger partial charge in [0.2, 0.25) is 11.8 Å². The number of likely N-dealkylation sites (tertiary alicyclic amines) is 1. The van der Waals surface area contributed by atoms with Gasteiger partial charge in [-0.25, -0.2) is 0 Å². The summed E-state index contributed by atoms with van der Waals surface area (Å²) in [4.78, 5) is 41.2. The van der Waals surface area contributed by atoms with Crippen LogP contribution in [0.3, 0.4) is 0 Å². The lowest BCUT2D eigenvalue weighted by Crippen LogP contribution is -2.52. The number of halogens is 3. The number of benzene rings is 2. The van der Waals surface area contributed by atoms with Crippen LogP contribution in [0.4, 0.5) is 13.2 Å². The third-order valence-electron chi connectivity index (χ3n) is 6.93. The van der Waals surface area contributed by atoms with E-state index in [2.05, 4.69) is 5.32 Å². The molecular formula is C28H29F3N2O4. The van der Waals surface area contributed by atoms with Crippen LogP contribution in [0.5, 0.6) is 0 Å². The Kier molecular flexibility index (Phi) is 7.71. The van der Waals surface area contributed by atoms with Crippen molar-refractivity contribution >= 4 is 17.8 Å². The minimum Gasteiger partial charge on any atom is -0.465 e. The number of hydrogen-bond donors (Lipinski definition) is 1. The van der Waals surface area contributed by atoms with E-state index in [1.54, 1.807) is 11.8 Å². The van der Waals surface area contributed by atoms with Crippen molar-refractivity contribution < 1.29 is 32.3 Å². The minimum absolute atomic E-state index is 0.106. The van der Waals surface area contributed by atoms with Crippen molar-refractivity contribution in [1.82, 2.24) is 10.2 Å². The lowest BCUT2D eigenvalue weighted by molar-refractivity contribution is -0.161. The highest BCUT2D eigenvalue weighted by molar-refractivity contribution is 5.92. The minimum atomic E-state index is -4.48. The average molecular weight is 515 g/mol. The summed E-state index contributed by atoms with van der Waals surface area (Å²) in [5.74, 6) is -1.91. The fraction of sp³-hybridized carbons (Fsp3) is 0.393. The maximum atomic E-state index is 13.6. The molecule has 2 atom stereocenters. The van der Waals surface area contributed by atoms with Crippen LogP contribution in [0.2, 0.25) is 0 Å². The van der Waals surface area contributed by atoms with Crippen LogP contribution in [-0.2, 0) is 38.4 Å². The van der Waals surface area contributed by atoms with Gasteiger partial charge in [-0.1, -0.05) is 48.5 Å². The zero-order chi connectivity index (χ0) is 26.6. The summed E-state index contributed by atoms with van der Waals surface area (Å²) in [5.41, 5.74) is 0.00421. The Morgan fingerprint density at radius 3 is 2.54 bits per heavy atom. The molecule has 2 amide bonds. The summed E-state index contributed by atoms with van der Waals surface area (Å²) in [7, 11) is 0. The molecule has 6 nitrogen and oxygen atoms in total. The van der Waals surface area contributed by atoms with E-state index in [-0.39, 0.29) is 38.4 Å². The first-order valence-electron chi connectivity index (χ1n) is 12.3. The van der Waals surface area contributed by atoms with Gasteiger partial charge in [-0.2, -0.15) is 13.2 Å². The fourth-order valence-corrected chi connectivity index (χ4v) is 5.20. The molecule has 1 N–H and O–H groups in total. The normalized spacial score (nSPS) is 21.3. The van der Waals surface area contributed by atoms with Crippen LogP contribution in [0.25, 0.3) is 0 Å². The van der Waals surface area contributed by atoms with Gasteiger partial charge in [0.25, 0.3) is 0 Å². The third kappa shape index (κ3) is 5.70. The number of fused-ring (bicyclic) bond motifs is 1. The number of nitrogens with one attached hydrogen (secondary N) is 1. The van der Waals surface area contributed by atoms with Crippen molar-refractivity contribution in [3.8, 4) is 0 Å². The Bertz CT molecular complexity index is 1200. The summed E-state index contributed by atoms with van der Waals surface area (Å²) in [6.07, 6.45) is -1.51. The molecule has 196 valence electrons. The largest absolute Gasteiger partial charge is 0.465 e. The zero-order valence-corrected chi connectivity index (χ0v) is 20.5. The lowest BCUT2D eigenvalue weighted by Gasteiger charge is -2.44. The number of amides is 2. The number of hydrogen-bond acceptors (Lipinski definition) is 4. The first-order valence-corrected chi connectivity index (χ1v) is 12.3. The third-order valence-corrected chi connectivity index (χ3v) is 6.93. The van der Waals surface area contributed by atoms with Crippen molar-refractivity contribution in [2.75, 3.05) is 6.61 Å². The number of piperidine rings is 1. The highest BCUT2D eigenvalue weighted by Gasteiger charge is 2.55. The Labute approximate surface area is 213 Å². The van der Waals surface area contributed by atoms with Gasteiger partial charge in [-0.3, -0.25) is 14.4 Å². The van der Waals surface area contributed by atoms with Crippen LogP contribution in [-0.4, -0.2) is 29.3 Å². The highest BCUT2D eigenvalue weighted by Crippen LogP contribution is 2.51. The molecule has 0 aromatic heterocycles. The van der Waals surface area contributed by atoms with E-state index in [1.165, 1.54) is 12.1 Å². The Morgan fingerprint density at radius 2 is 1.84 bits per heavy atom. The first-order chi connectivity index (χ1) is 17.6. The Hall–Kier alpha value is -3.62. The number of rotatable bonds is 8. The van der Waals surface area contributed by atoms with Crippen LogP contribution >= 0.6 is 0 Å². The second-order valence-corrected chi connectivity index (χ2v) is 9.42. The quantitative estimate of drug-likeness (QED) is 0.504. The average Bonchev–Trinajstić information content (AvgIpc) is 3.31. The first kappa shape index (κ1) is 26.4. The summed E-state index contributed by atoms with van der Waals surface area (Å²) >= 11 is 0. The van der Waals surface area contributed by atoms with Gasteiger partial charge in [0.15, 0.2) is 0 Å². The molecule has 0 bridgehead atoms. The summed E-state index contributed by atoms with van der Waals surface area (Å²) < 4.78 is 44.4. The molecule has 1 aliphatic carbocycles. The van der Waals surface area contributed by atoms with Gasteiger partial charge in [0.05, 0.1) is 18.7 Å². The van der Waals surface area contributed by atoms with E-state index in [9.17, 15) is 27.6 Å². The molecular weight excluding hydrogens is 485 g/mol. The van der Waals surface area contributed by atoms with Crippen molar-refractivity contribution in [2.45, 2.75) is 51.9 Å². The number of esters is 1. The maximum Gasteiger partial charge on any atom is 0.416 e. The SMILES string of the molecule is CCOC(=O)[C@]12CCC=C1N(Cc1ccccc1)C(=O)[C@H](CC(=O)NCc1cccc(C(F)(F)F)c1)C2. The van der Waals surface area contributed by atoms with Crippen LogP contribution < -0.4 is 5.32 Å². The molecule has 2 aliphatic rings. The molecule has 0 spiro atoms. The zero-order valence-electron chi connectivity index (χ0n) is 20.5. The topological polar surface area (TPSA) is 75.7 Å². The lowest BCUT2D eigenvalue weighted by atomic mass is 9.71. The van der Waals surface area contributed by atoms with Crippen LogP contribution in [0.1, 0.15) is 49.3 Å². The summed E-state index contributed by atoms with van der Waals surface area (Å²) in [5, 5.41) is 2.63. The predicted octanol–water partition coefficient (Wildman–Crippen LogP) is 4.99. The number of nitrogens with zero attached hydrogens (tertiary/aromatic N) is 1. The molecule has 4 rings (SSSR count). The number of ether oxygens (including phenoxy) is 1. The molecule has 0 radical (unpaired) electrons. The second kappa shape index (κ2) is 10.8. The fourth-order valence-electron chi connectivity index (χ4n) is 5.20. The second-order valence-electron chi connectivity index (χ2n) is 9.42. The van der Waals surface area contributed by atoms with Crippen molar-refractivity contribution in [1.29, 1.82) is 0 Å². The molecule has 37 heavy (non-hydrogen) atoms. The molecule has 1 heterocycles. The smallest absolute Gasteiger partial charge is 0.416 e. The van der Waals surface area contributed by atoms with E-state index in [1.807, 2.05) is 36.4 Å². The standard InChI is InChI=1S/C28H29F3N2O4/c1-2-37-26(36)27-13-7-12-23(27)33(18-19-8-4-3-5-9-19)25(35)21(16-27)15-24(34)32-17-20-10-6-11-22(14-20)28(29,30)31/h3-6,8-12,14,21H,2,7,13,15-18H2,1H3,(H,32,34)/t21-,27+/m1/s1. The number of alkyl halides is 3. The Morgan fingerprint density at radius 1 is 1.11 bits per heavy atom. The molecule has 1 fully saturated rings. The van der Waals surface area contributed by atoms with E-state index in [4.69, 9.17) is 4.74 Å². The highest BCUT2D eigenvalue weighted by atomic mass is 19.4. The van der Waals surface area contributed by atoms with Gasteiger partial charge < -0.3 is 15.0 Å². The van der Waals surface area contributed by atoms with Crippen molar-refractivity contribution in [3.05, 3.63) is 83.1 Å².